The van der Waals surface area contributed by atoms with Gasteiger partial charge in [-0.05, 0) is 42.5 Å². The van der Waals surface area contributed by atoms with Crippen LogP contribution in [0.25, 0.3) is 0 Å². The predicted octanol–water partition coefficient (Wildman–Crippen LogP) is 4.81. The molecule has 2 heterocycles. The molecule has 0 aliphatic rings. The van der Waals surface area contributed by atoms with Gasteiger partial charge in [-0.3, -0.25) is 4.72 Å². The molecule has 32 heavy (non-hydrogen) atoms. The van der Waals surface area contributed by atoms with Crippen molar-refractivity contribution >= 4 is 36.9 Å². The maximum absolute atomic E-state index is 12.9. The molecule has 0 fully saturated rings. The van der Waals surface area contributed by atoms with Gasteiger partial charge >= 0.3 is 12.4 Å². The van der Waals surface area contributed by atoms with Crippen molar-refractivity contribution in [3.8, 4) is 0 Å². The zero-order chi connectivity index (χ0) is 23.9. The lowest BCUT2D eigenvalue weighted by Gasteiger charge is -2.10. The number of benzene rings is 1. The number of aromatic nitrogens is 1. The molecule has 3 rings (SSSR count). The average Bonchev–Trinajstić information content (AvgIpc) is 3.19. The monoisotopic (exact) mass is 516 g/mol. The van der Waals surface area contributed by atoms with Crippen molar-refractivity contribution in [3.63, 3.8) is 0 Å². The van der Waals surface area contributed by atoms with Crippen molar-refractivity contribution in [2.45, 2.75) is 25.8 Å². The van der Waals surface area contributed by atoms with Crippen LogP contribution in [0.4, 0.5) is 32.0 Å². The maximum atomic E-state index is 12.9. The van der Waals surface area contributed by atoms with E-state index in [4.69, 9.17) is 0 Å². The molecule has 0 bridgehead atoms. The maximum Gasteiger partial charge on any atom is 0.416 e. The number of anilines is 1. The minimum atomic E-state index is -4.83. The molecule has 6 nitrogen and oxygen atoms in total. The zero-order valence-electron chi connectivity index (χ0n) is 15.3. The number of alkyl halides is 6. The Kier molecular flexibility index (Phi) is 6.03. The molecule has 0 spiro atoms. The molecule has 0 atom stereocenters. The highest BCUT2D eigenvalue weighted by atomic mass is 32.3. The number of sulfonamides is 1. The number of hydrogen-bond acceptors (Lipinski definition) is 6. The Balaban J connectivity index is 1.93. The Morgan fingerprint density at radius 2 is 1.38 bits per heavy atom. The summed E-state index contributed by atoms with van der Waals surface area (Å²) >= 11 is 0.202. The first-order valence-electron chi connectivity index (χ1n) is 8.19. The van der Waals surface area contributed by atoms with Crippen molar-refractivity contribution in [2.24, 2.45) is 0 Å². The lowest BCUT2D eigenvalue weighted by atomic mass is 10.2. The number of nitrogens with one attached hydrogen (secondary N) is 1. The molecule has 0 amide bonds. The first-order chi connectivity index (χ1) is 14.6. The number of nitrogens with zero attached hydrogens (tertiary/aromatic N) is 1. The highest BCUT2D eigenvalue weighted by molar-refractivity contribution is 7.96. The predicted molar refractivity (Wildman–Crippen MR) is 101 cm³/mol. The first kappa shape index (κ1) is 24.0. The Morgan fingerprint density at radius 3 is 2.00 bits per heavy atom. The number of hydrogen-bond donors (Lipinski definition) is 1. The van der Waals surface area contributed by atoms with Crippen molar-refractivity contribution in [1.29, 1.82) is 0 Å². The van der Waals surface area contributed by atoms with Gasteiger partial charge in [0.05, 0.1) is 11.1 Å². The average molecular weight is 516 g/mol. The molecule has 1 aromatic carbocycles. The Bertz CT molecular complexity index is 1360. The summed E-state index contributed by atoms with van der Waals surface area (Å²) in [7, 11) is -9.09. The van der Waals surface area contributed by atoms with E-state index in [2.05, 4.69) is 4.98 Å². The molecular weight excluding hydrogens is 506 g/mol. The van der Waals surface area contributed by atoms with Crippen molar-refractivity contribution in [3.05, 3.63) is 65.9 Å². The molecule has 15 heteroatoms. The zero-order valence-corrected chi connectivity index (χ0v) is 17.7. The van der Waals surface area contributed by atoms with Crippen LogP contribution >= 0.6 is 11.3 Å². The second-order valence-corrected chi connectivity index (χ2v) is 11.3. The highest BCUT2D eigenvalue weighted by Crippen LogP contribution is 2.35. The van der Waals surface area contributed by atoms with Gasteiger partial charge in [0.15, 0.2) is 5.03 Å². The van der Waals surface area contributed by atoms with Gasteiger partial charge in [0.1, 0.15) is 8.42 Å². The molecule has 172 valence electrons. The Morgan fingerprint density at radius 1 is 0.781 bits per heavy atom. The Labute approximate surface area is 181 Å². The summed E-state index contributed by atoms with van der Waals surface area (Å²) in [5.74, 6) is 0. The fourth-order valence-corrected chi connectivity index (χ4v) is 6.54. The molecule has 0 unspecified atom stereocenters. The third-order valence-corrected chi connectivity index (χ3v) is 8.97. The SMILES string of the molecule is O=S(=O)(Nc1cccc(C(F)(F)F)c1)c1ccc(S(=O)(=O)c2cc(C(F)(F)F)ccn2)s1. The van der Waals surface area contributed by atoms with Gasteiger partial charge < -0.3 is 0 Å². The molecule has 0 saturated heterocycles. The van der Waals surface area contributed by atoms with E-state index >= 15 is 0 Å². The molecule has 1 N–H and O–H groups in total. The number of thiophene rings is 1. The summed E-state index contributed by atoms with van der Waals surface area (Å²) in [5, 5.41) is -0.941. The lowest BCUT2D eigenvalue weighted by Crippen LogP contribution is -2.13. The smallest absolute Gasteiger partial charge is 0.279 e. The van der Waals surface area contributed by atoms with Crippen LogP contribution < -0.4 is 4.72 Å². The van der Waals surface area contributed by atoms with Crippen LogP contribution in [-0.4, -0.2) is 21.8 Å². The van der Waals surface area contributed by atoms with Crippen LogP contribution in [0.15, 0.2) is 68.2 Å². The van der Waals surface area contributed by atoms with Gasteiger partial charge in [-0.2, -0.15) is 26.3 Å². The van der Waals surface area contributed by atoms with Crippen molar-refractivity contribution in [2.75, 3.05) is 4.72 Å². The first-order valence-corrected chi connectivity index (χ1v) is 12.0. The van der Waals surface area contributed by atoms with E-state index in [0.29, 0.717) is 24.4 Å². The number of rotatable bonds is 5. The quantitative estimate of drug-likeness (QED) is 0.491. The number of halogens is 6. The van der Waals surface area contributed by atoms with Crippen LogP contribution in [0.2, 0.25) is 0 Å². The van der Waals surface area contributed by atoms with Gasteiger partial charge in [0, 0.05) is 11.9 Å². The molecule has 0 aliphatic heterocycles. The standard InChI is InChI=1S/C17H10F6N2O4S3/c18-16(19,20)10-2-1-3-12(8-10)25-32(28,29)15-5-4-14(30-15)31(26,27)13-9-11(6-7-24-13)17(21,22)23/h1-9,25H. The topological polar surface area (TPSA) is 93.2 Å². The van der Waals surface area contributed by atoms with Gasteiger partial charge in [0.25, 0.3) is 10.0 Å². The second kappa shape index (κ2) is 8.04. The third kappa shape index (κ3) is 5.05. The second-order valence-electron chi connectivity index (χ2n) is 6.14. The molecule has 0 saturated carbocycles. The van der Waals surface area contributed by atoms with Crippen LogP contribution in [0, 0.1) is 0 Å². The van der Waals surface area contributed by atoms with Gasteiger partial charge in [0.2, 0.25) is 9.84 Å². The summed E-state index contributed by atoms with van der Waals surface area (Å²) in [6, 6.07) is 5.91. The minimum absolute atomic E-state index is 0.202. The third-order valence-electron chi connectivity index (χ3n) is 3.87. The summed E-state index contributed by atoms with van der Waals surface area (Å²) in [5.41, 5.74) is -2.79. The van der Waals surface area contributed by atoms with E-state index < -0.39 is 62.5 Å². The molecular formula is C17H10F6N2O4S3. The van der Waals surface area contributed by atoms with E-state index in [1.165, 1.54) is 0 Å². The summed E-state index contributed by atoms with van der Waals surface area (Å²) in [4.78, 5) is 3.42. The summed E-state index contributed by atoms with van der Waals surface area (Å²) in [6.07, 6.45) is -8.90. The van der Waals surface area contributed by atoms with E-state index in [-0.39, 0.29) is 11.3 Å². The van der Waals surface area contributed by atoms with Crippen LogP contribution in [0.3, 0.4) is 0 Å². The van der Waals surface area contributed by atoms with E-state index in [1.807, 2.05) is 4.72 Å². The van der Waals surface area contributed by atoms with Crippen molar-refractivity contribution < 1.29 is 43.2 Å². The Hall–Kier alpha value is -2.65. The largest absolute Gasteiger partial charge is 0.416 e. The normalized spacial score (nSPS) is 13.2. The van der Waals surface area contributed by atoms with Crippen molar-refractivity contribution in [1.82, 2.24) is 4.98 Å². The summed E-state index contributed by atoms with van der Waals surface area (Å²) in [6.45, 7) is 0. The summed E-state index contributed by atoms with van der Waals surface area (Å²) < 4.78 is 128. The number of pyridine rings is 1. The molecule has 0 radical (unpaired) electrons. The minimum Gasteiger partial charge on any atom is -0.279 e. The number of sulfone groups is 1. The lowest BCUT2D eigenvalue weighted by molar-refractivity contribution is -0.138. The van der Waals surface area contributed by atoms with E-state index in [9.17, 15) is 43.2 Å². The van der Waals surface area contributed by atoms with Gasteiger partial charge in [-0.15, -0.1) is 11.3 Å². The van der Waals surface area contributed by atoms with Crippen LogP contribution in [0.5, 0.6) is 0 Å². The fraction of sp³-hybridized carbons (Fsp3) is 0.118. The van der Waals surface area contributed by atoms with Crippen LogP contribution in [0.1, 0.15) is 11.1 Å². The fourth-order valence-electron chi connectivity index (χ4n) is 2.39. The van der Waals surface area contributed by atoms with Gasteiger partial charge in [-0.1, -0.05) is 6.07 Å². The molecule has 2 aromatic heterocycles. The van der Waals surface area contributed by atoms with Crippen LogP contribution in [-0.2, 0) is 32.2 Å². The van der Waals surface area contributed by atoms with E-state index in [0.717, 1.165) is 30.3 Å². The highest BCUT2D eigenvalue weighted by Gasteiger charge is 2.34. The van der Waals surface area contributed by atoms with Gasteiger partial charge in [-0.25, -0.2) is 21.8 Å². The molecule has 3 aromatic rings. The van der Waals surface area contributed by atoms with E-state index in [1.54, 1.807) is 0 Å². The molecule has 0 aliphatic carbocycles.